The minimum Gasteiger partial charge on any atom is -0.354 e. The summed E-state index contributed by atoms with van der Waals surface area (Å²) in [6, 6.07) is 12.5. The molecule has 0 fully saturated rings. The van der Waals surface area contributed by atoms with Gasteiger partial charge in [-0.25, -0.2) is 12.8 Å². The first kappa shape index (κ1) is 27.3. The van der Waals surface area contributed by atoms with Crippen molar-refractivity contribution >= 4 is 27.5 Å². The van der Waals surface area contributed by atoms with Gasteiger partial charge >= 0.3 is 0 Å². The number of amides is 2. The maximum absolute atomic E-state index is 14.3. The molecule has 0 saturated carbocycles. The van der Waals surface area contributed by atoms with Crippen molar-refractivity contribution in [1.82, 2.24) is 10.2 Å². The molecule has 9 heteroatoms. The number of carbonyl (C=O) groups is 2. The Labute approximate surface area is 202 Å². The van der Waals surface area contributed by atoms with Gasteiger partial charge in [-0.2, -0.15) is 0 Å². The molecule has 0 unspecified atom stereocenters. The summed E-state index contributed by atoms with van der Waals surface area (Å²) in [4.78, 5) is 27.1. The molecule has 186 valence electrons. The molecule has 34 heavy (non-hydrogen) atoms. The average molecular weight is 492 g/mol. The third-order valence-electron chi connectivity index (χ3n) is 5.55. The quantitative estimate of drug-likeness (QED) is 0.491. The van der Waals surface area contributed by atoms with E-state index >= 15 is 0 Å². The van der Waals surface area contributed by atoms with Gasteiger partial charge in [0, 0.05) is 31.6 Å². The summed E-state index contributed by atoms with van der Waals surface area (Å²) >= 11 is 0. The standard InChI is InChI=1S/C25H34FN3O4S/c1-5-16-27-25(31)20(3)28(18-21-12-7-8-13-22(21)26)24(30)15-10-17-29(34(4,32)33)23-14-9-6-11-19(23)2/h6-9,11-14,20H,5,10,15-18H2,1-4H3,(H,27,31)/t20-/m1/s1. The van der Waals surface area contributed by atoms with E-state index in [0.717, 1.165) is 18.2 Å². The van der Waals surface area contributed by atoms with E-state index in [1.54, 1.807) is 37.3 Å². The van der Waals surface area contributed by atoms with Crippen molar-refractivity contribution < 1.29 is 22.4 Å². The molecule has 2 aromatic carbocycles. The summed E-state index contributed by atoms with van der Waals surface area (Å²) in [6.45, 7) is 5.89. The zero-order valence-corrected chi connectivity index (χ0v) is 21.1. The first-order chi connectivity index (χ1) is 16.1. The molecule has 0 aliphatic carbocycles. The van der Waals surface area contributed by atoms with Crippen LogP contribution in [-0.2, 0) is 26.2 Å². The molecular formula is C25H34FN3O4S. The minimum atomic E-state index is -3.56. The first-order valence-electron chi connectivity index (χ1n) is 11.4. The second kappa shape index (κ2) is 12.5. The number of nitrogens with zero attached hydrogens (tertiary/aromatic N) is 2. The number of hydrogen-bond donors (Lipinski definition) is 1. The van der Waals surface area contributed by atoms with Crippen molar-refractivity contribution in [2.24, 2.45) is 0 Å². The Kier molecular flexibility index (Phi) is 10.0. The molecule has 1 N–H and O–H groups in total. The number of para-hydroxylation sites is 1. The molecule has 0 bridgehead atoms. The van der Waals surface area contributed by atoms with Crippen molar-refractivity contribution in [1.29, 1.82) is 0 Å². The van der Waals surface area contributed by atoms with Gasteiger partial charge < -0.3 is 10.2 Å². The van der Waals surface area contributed by atoms with Gasteiger partial charge in [0.2, 0.25) is 21.8 Å². The van der Waals surface area contributed by atoms with E-state index in [1.165, 1.54) is 15.3 Å². The molecule has 7 nitrogen and oxygen atoms in total. The van der Waals surface area contributed by atoms with Gasteiger partial charge in [-0.1, -0.05) is 43.3 Å². The number of nitrogens with one attached hydrogen (secondary N) is 1. The zero-order valence-electron chi connectivity index (χ0n) is 20.3. The minimum absolute atomic E-state index is 0.0117. The van der Waals surface area contributed by atoms with Crippen molar-refractivity contribution in [2.75, 3.05) is 23.7 Å². The number of anilines is 1. The fourth-order valence-electron chi connectivity index (χ4n) is 3.61. The molecule has 0 aromatic heterocycles. The monoisotopic (exact) mass is 491 g/mol. The molecule has 0 heterocycles. The van der Waals surface area contributed by atoms with Gasteiger partial charge in [0.05, 0.1) is 11.9 Å². The van der Waals surface area contributed by atoms with E-state index in [2.05, 4.69) is 5.32 Å². The smallest absolute Gasteiger partial charge is 0.242 e. The summed E-state index contributed by atoms with van der Waals surface area (Å²) < 4.78 is 40.4. The van der Waals surface area contributed by atoms with Crippen LogP contribution in [0.15, 0.2) is 48.5 Å². The first-order valence-corrected chi connectivity index (χ1v) is 13.2. The van der Waals surface area contributed by atoms with Gasteiger partial charge in [-0.15, -0.1) is 0 Å². The molecule has 0 aliphatic rings. The lowest BCUT2D eigenvalue weighted by Crippen LogP contribution is -2.48. The molecule has 0 spiro atoms. The van der Waals surface area contributed by atoms with Crippen LogP contribution in [0.3, 0.4) is 0 Å². The lowest BCUT2D eigenvalue weighted by Gasteiger charge is -2.29. The molecule has 0 radical (unpaired) electrons. The predicted octanol–water partition coefficient (Wildman–Crippen LogP) is 3.62. The summed E-state index contributed by atoms with van der Waals surface area (Å²) in [6.07, 6.45) is 2.14. The van der Waals surface area contributed by atoms with Crippen LogP contribution < -0.4 is 9.62 Å². The largest absolute Gasteiger partial charge is 0.354 e. The Balaban J connectivity index is 2.17. The summed E-state index contributed by atoms with van der Waals surface area (Å²) in [7, 11) is -3.56. The lowest BCUT2D eigenvalue weighted by molar-refractivity contribution is -0.140. The molecule has 0 aliphatic heterocycles. The Bertz CT molecular complexity index is 1090. The Morgan fingerprint density at radius 2 is 1.74 bits per heavy atom. The maximum Gasteiger partial charge on any atom is 0.242 e. The van der Waals surface area contributed by atoms with Crippen LogP contribution in [0.4, 0.5) is 10.1 Å². The van der Waals surface area contributed by atoms with Gasteiger partial charge in [0.25, 0.3) is 0 Å². The molecule has 2 amide bonds. The highest BCUT2D eigenvalue weighted by molar-refractivity contribution is 7.92. The van der Waals surface area contributed by atoms with E-state index in [1.807, 2.05) is 26.0 Å². The maximum atomic E-state index is 14.3. The van der Waals surface area contributed by atoms with Gasteiger partial charge in [0.1, 0.15) is 11.9 Å². The molecule has 2 rings (SSSR count). The molecule has 0 saturated heterocycles. The van der Waals surface area contributed by atoms with Crippen LogP contribution in [0.25, 0.3) is 0 Å². The number of rotatable bonds is 12. The van der Waals surface area contributed by atoms with Crippen LogP contribution in [0.1, 0.15) is 44.2 Å². The van der Waals surface area contributed by atoms with Crippen LogP contribution >= 0.6 is 0 Å². The second-order valence-electron chi connectivity index (χ2n) is 8.31. The van der Waals surface area contributed by atoms with E-state index in [9.17, 15) is 22.4 Å². The third kappa shape index (κ3) is 7.55. The topological polar surface area (TPSA) is 86.8 Å². The highest BCUT2D eigenvalue weighted by atomic mass is 32.2. The third-order valence-corrected chi connectivity index (χ3v) is 6.73. The predicted molar refractivity (Wildman–Crippen MR) is 132 cm³/mol. The number of aryl methyl sites for hydroxylation is 1. The zero-order chi connectivity index (χ0) is 25.3. The van der Waals surface area contributed by atoms with Crippen molar-refractivity contribution in [2.45, 2.75) is 52.6 Å². The Morgan fingerprint density at radius 3 is 2.35 bits per heavy atom. The van der Waals surface area contributed by atoms with Crippen LogP contribution in [0.2, 0.25) is 0 Å². The Morgan fingerprint density at radius 1 is 1.09 bits per heavy atom. The highest BCUT2D eigenvalue weighted by Gasteiger charge is 2.27. The van der Waals surface area contributed by atoms with Crippen LogP contribution in [0.5, 0.6) is 0 Å². The molecular weight excluding hydrogens is 457 g/mol. The number of carbonyl (C=O) groups excluding carboxylic acids is 2. The van der Waals surface area contributed by atoms with Gasteiger partial charge in [0.15, 0.2) is 0 Å². The van der Waals surface area contributed by atoms with Crippen molar-refractivity contribution in [3.63, 3.8) is 0 Å². The summed E-state index contributed by atoms with van der Waals surface area (Å²) in [5.41, 5.74) is 1.68. The van der Waals surface area contributed by atoms with E-state index < -0.39 is 21.9 Å². The van der Waals surface area contributed by atoms with Crippen molar-refractivity contribution in [3.8, 4) is 0 Å². The van der Waals surface area contributed by atoms with E-state index in [4.69, 9.17) is 0 Å². The van der Waals surface area contributed by atoms with Crippen LogP contribution in [0, 0.1) is 12.7 Å². The number of benzene rings is 2. The number of hydrogen-bond acceptors (Lipinski definition) is 4. The molecule has 2 aromatic rings. The number of halogens is 1. The van der Waals surface area contributed by atoms with E-state index in [-0.39, 0.29) is 37.7 Å². The van der Waals surface area contributed by atoms with Crippen molar-refractivity contribution in [3.05, 3.63) is 65.5 Å². The Hall–Kier alpha value is -2.94. The fourth-order valence-corrected chi connectivity index (χ4v) is 4.64. The SMILES string of the molecule is CCCNC(=O)[C@@H](C)N(Cc1ccccc1F)C(=O)CCCN(c1ccccc1C)S(C)(=O)=O. The summed E-state index contributed by atoms with van der Waals surface area (Å²) in [5.74, 6) is -1.12. The van der Waals surface area contributed by atoms with Crippen LogP contribution in [-0.4, -0.2) is 50.5 Å². The van der Waals surface area contributed by atoms with Gasteiger partial charge in [-0.05, 0) is 44.4 Å². The second-order valence-corrected chi connectivity index (χ2v) is 10.2. The normalized spacial score (nSPS) is 12.1. The average Bonchev–Trinajstić information content (AvgIpc) is 2.79. The lowest BCUT2D eigenvalue weighted by atomic mass is 10.1. The van der Waals surface area contributed by atoms with Gasteiger partial charge in [-0.3, -0.25) is 13.9 Å². The summed E-state index contributed by atoms with van der Waals surface area (Å²) in [5, 5.41) is 2.78. The molecule has 1 atom stereocenters. The number of sulfonamides is 1. The highest BCUT2D eigenvalue weighted by Crippen LogP contribution is 2.23. The fraction of sp³-hybridized carbons (Fsp3) is 0.440. The van der Waals surface area contributed by atoms with E-state index in [0.29, 0.717) is 17.8 Å².